The van der Waals surface area contributed by atoms with E-state index in [9.17, 15) is 9.59 Å². The second kappa shape index (κ2) is 7.55. The average molecular weight is 400 g/mol. The van der Waals surface area contributed by atoms with E-state index in [0.29, 0.717) is 24.5 Å². The van der Waals surface area contributed by atoms with Crippen LogP contribution in [0.4, 0.5) is 5.69 Å². The zero-order chi connectivity index (χ0) is 20.5. The normalized spacial score (nSPS) is 16.3. The van der Waals surface area contributed by atoms with E-state index in [1.807, 2.05) is 60.7 Å². The van der Waals surface area contributed by atoms with Crippen molar-refractivity contribution in [2.45, 2.75) is 13.0 Å². The highest BCUT2D eigenvalue weighted by Gasteiger charge is 2.34. The Balaban J connectivity index is 1.23. The molecule has 6 heteroatoms. The standard InChI is InChI=1S/C24H20N2O4/c27-23-13-18(14-26(23)15-20-5-3-11-29-20)24(28)25-19-9-7-16(8-10-19)22-12-17-4-1-2-6-21(17)30-22/h1-12,18H,13-15H2,(H,25,28). The highest BCUT2D eigenvalue weighted by molar-refractivity contribution is 5.97. The molecule has 1 unspecified atom stereocenters. The van der Waals surface area contributed by atoms with E-state index in [-0.39, 0.29) is 24.2 Å². The summed E-state index contributed by atoms with van der Waals surface area (Å²) >= 11 is 0. The number of anilines is 1. The third-order valence-electron chi connectivity index (χ3n) is 5.37. The van der Waals surface area contributed by atoms with E-state index in [1.54, 1.807) is 17.2 Å². The lowest BCUT2D eigenvalue weighted by molar-refractivity contribution is -0.128. The summed E-state index contributed by atoms with van der Waals surface area (Å²) in [7, 11) is 0. The number of furan rings is 2. The molecule has 6 nitrogen and oxygen atoms in total. The fraction of sp³-hybridized carbons (Fsp3) is 0.167. The van der Waals surface area contributed by atoms with Crippen LogP contribution in [0.1, 0.15) is 12.2 Å². The largest absolute Gasteiger partial charge is 0.467 e. The molecule has 4 aromatic rings. The molecule has 0 bridgehead atoms. The Hall–Kier alpha value is -3.80. The van der Waals surface area contributed by atoms with Crippen LogP contribution in [-0.4, -0.2) is 23.3 Å². The number of carbonyl (C=O) groups excluding carboxylic acids is 2. The first-order valence-electron chi connectivity index (χ1n) is 9.86. The van der Waals surface area contributed by atoms with Gasteiger partial charge in [-0.2, -0.15) is 0 Å². The molecular formula is C24H20N2O4. The van der Waals surface area contributed by atoms with Gasteiger partial charge in [-0.1, -0.05) is 18.2 Å². The Morgan fingerprint density at radius 3 is 2.67 bits per heavy atom. The van der Waals surface area contributed by atoms with Crippen molar-refractivity contribution in [2.24, 2.45) is 5.92 Å². The summed E-state index contributed by atoms with van der Waals surface area (Å²) in [5.41, 5.74) is 2.47. The molecule has 150 valence electrons. The number of rotatable bonds is 5. The van der Waals surface area contributed by atoms with Gasteiger partial charge in [-0.15, -0.1) is 0 Å². The molecule has 0 aliphatic carbocycles. The van der Waals surface area contributed by atoms with Crippen LogP contribution in [0, 0.1) is 5.92 Å². The molecule has 0 spiro atoms. The average Bonchev–Trinajstić information content (AvgIpc) is 3.49. The number of amides is 2. The first kappa shape index (κ1) is 18.2. The van der Waals surface area contributed by atoms with Gasteiger partial charge in [-0.25, -0.2) is 0 Å². The number of nitrogens with one attached hydrogen (secondary N) is 1. The summed E-state index contributed by atoms with van der Waals surface area (Å²) in [6, 6.07) is 21.0. The maximum atomic E-state index is 12.6. The van der Waals surface area contributed by atoms with Crippen LogP contribution in [0.2, 0.25) is 0 Å². The zero-order valence-electron chi connectivity index (χ0n) is 16.2. The molecule has 1 aliphatic rings. The minimum Gasteiger partial charge on any atom is -0.467 e. The number of benzene rings is 2. The molecule has 30 heavy (non-hydrogen) atoms. The van der Waals surface area contributed by atoms with Crippen LogP contribution in [0.15, 0.2) is 81.8 Å². The van der Waals surface area contributed by atoms with Crippen LogP contribution in [0.25, 0.3) is 22.3 Å². The smallest absolute Gasteiger partial charge is 0.229 e. The Morgan fingerprint density at radius 2 is 1.90 bits per heavy atom. The predicted molar refractivity (Wildman–Crippen MR) is 113 cm³/mol. The summed E-state index contributed by atoms with van der Waals surface area (Å²) < 4.78 is 11.2. The number of nitrogens with zero attached hydrogens (tertiary/aromatic N) is 1. The summed E-state index contributed by atoms with van der Waals surface area (Å²) in [6.07, 6.45) is 1.79. The highest BCUT2D eigenvalue weighted by atomic mass is 16.3. The van der Waals surface area contributed by atoms with Gasteiger partial charge in [0, 0.05) is 29.6 Å². The fourth-order valence-electron chi connectivity index (χ4n) is 3.78. The third-order valence-corrected chi connectivity index (χ3v) is 5.37. The molecule has 0 radical (unpaired) electrons. The lowest BCUT2D eigenvalue weighted by atomic mass is 10.1. The molecule has 1 fully saturated rings. The maximum Gasteiger partial charge on any atom is 0.229 e. The number of likely N-dealkylation sites (tertiary alicyclic amines) is 1. The molecule has 3 heterocycles. The van der Waals surface area contributed by atoms with Gasteiger partial charge in [-0.05, 0) is 48.5 Å². The van der Waals surface area contributed by atoms with E-state index in [1.165, 1.54) is 0 Å². The van der Waals surface area contributed by atoms with Gasteiger partial charge in [-0.3, -0.25) is 9.59 Å². The molecule has 2 aromatic heterocycles. The number of para-hydroxylation sites is 1. The molecular weight excluding hydrogens is 380 g/mol. The van der Waals surface area contributed by atoms with Crippen LogP contribution >= 0.6 is 0 Å². The van der Waals surface area contributed by atoms with Crippen LogP contribution in [0.5, 0.6) is 0 Å². The molecule has 1 N–H and O–H groups in total. The van der Waals surface area contributed by atoms with Crippen molar-refractivity contribution in [3.8, 4) is 11.3 Å². The van der Waals surface area contributed by atoms with Gasteiger partial charge in [0.1, 0.15) is 17.1 Å². The van der Waals surface area contributed by atoms with Crippen molar-refractivity contribution < 1.29 is 18.4 Å². The van der Waals surface area contributed by atoms with Crippen molar-refractivity contribution in [2.75, 3.05) is 11.9 Å². The van der Waals surface area contributed by atoms with Gasteiger partial charge in [0.15, 0.2) is 0 Å². The van der Waals surface area contributed by atoms with E-state index >= 15 is 0 Å². The molecule has 1 atom stereocenters. The maximum absolute atomic E-state index is 12.6. The topological polar surface area (TPSA) is 75.7 Å². The van der Waals surface area contributed by atoms with Crippen molar-refractivity contribution in [1.82, 2.24) is 4.90 Å². The lowest BCUT2D eigenvalue weighted by Crippen LogP contribution is -2.27. The SMILES string of the molecule is O=C(Nc1ccc(-c2cc3ccccc3o2)cc1)C1CC(=O)N(Cc2ccco2)C1. The summed E-state index contributed by atoms with van der Waals surface area (Å²) in [4.78, 5) is 26.5. The van der Waals surface area contributed by atoms with E-state index < -0.39 is 0 Å². The minimum atomic E-state index is -0.373. The molecule has 0 saturated carbocycles. The van der Waals surface area contributed by atoms with Crippen LogP contribution < -0.4 is 5.32 Å². The van der Waals surface area contributed by atoms with E-state index in [0.717, 1.165) is 22.3 Å². The number of carbonyl (C=O) groups is 2. The second-order valence-corrected chi connectivity index (χ2v) is 7.47. The van der Waals surface area contributed by atoms with Crippen molar-refractivity contribution >= 4 is 28.5 Å². The molecule has 1 aliphatic heterocycles. The van der Waals surface area contributed by atoms with Crippen LogP contribution in [-0.2, 0) is 16.1 Å². The number of hydrogen-bond donors (Lipinski definition) is 1. The van der Waals surface area contributed by atoms with Gasteiger partial charge in [0.2, 0.25) is 11.8 Å². The van der Waals surface area contributed by atoms with E-state index in [2.05, 4.69) is 5.32 Å². The molecule has 5 rings (SSSR count). The summed E-state index contributed by atoms with van der Waals surface area (Å²) in [5.74, 6) is 0.936. The van der Waals surface area contributed by atoms with E-state index in [4.69, 9.17) is 8.83 Å². The first-order chi connectivity index (χ1) is 14.7. The Kier molecular flexibility index (Phi) is 4.59. The third kappa shape index (κ3) is 3.59. The van der Waals surface area contributed by atoms with Crippen molar-refractivity contribution in [1.29, 1.82) is 0 Å². The zero-order valence-corrected chi connectivity index (χ0v) is 16.2. The number of hydrogen-bond acceptors (Lipinski definition) is 4. The van der Waals surface area contributed by atoms with Crippen LogP contribution in [0.3, 0.4) is 0 Å². The van der Waals surface area contributed by atoms with Gasteiger partial charge in [0.05, 0.1) is 18.7 Å². The fourth-order valence-corrected chi connectivity index (χ4v) is 3.78. The minimum absolute atomic E-state index is 0.0354. The first-order valence-corrected chi connectivity index (χ1v) is 9.86. The van der Waals surface area contributed by atoms with Gasteiger partial charge in [0.25, 0.3) is 0 Å². The quantitative estimate of drug-likeness (QED) is 0.528. The van der Waals surface area contributed by atoms with Gasteiger partial charge < -0.3 is 19.1 Å². The van der Waals surface area contributed by atoms with Gasteiger partial charge >= 0.3 is 0 Å². The monoisotopic (exact) mass is 400 g/mol. The summed E-state index contributed by atoms with van der Waals surface area (Å²) in [5, 5.41) is 3.97. The molecule has 2 amide bonds. The molecule has 1 saturated heterocycles. The Bertz CT molecular complexity index is 1160. The second-order valence-electron chi connectivity index (χ2n) is 7.47. The van der Waals surface area contributed by atoms with Crippen molar-refractivity contribution in [3.05, 3.63) is 78.8 Å². The Morgan fingerprint density at radius 1 is 1.07 bits per heavy atom. The number of fused-ring (bicyclic) bond motifs is 1. The highest BCUT2D eigenvalue weighted by Crippen LogP contribution is 2.29. The lowest BCUT2D eigenvalue weighted by Gasteiger charge is -2.15. The Labute approximate surface area is 173 Å². The van der Waals surface area contributed by atoms with Crippen molar-refractivity contribution in [3.63, 3.8) is 0 Å². The summed E-state index contributed by atoms with van der Waals surface area (Å²) in [6.45, 7) is 0.782. The predicted octanol–water partition coefficient (Wildman–Crippen LogP) is 4.68. The molecule has 2 aromatic carbocycles.